The molecule has 0 aliphatic carbocycles. The number of imide groups is 2. The van der Waals surface area contributed by atoms with Gasteiger partial charge in [0.25, 0.3) is 11.8 Å². The largest absolute Gasteiger partial charge is 0.494 e. The molecule has 0 atom stereocenters. The number of aryl methyl sites for hydroxylation is 1. The molecule has 8 heteroatoms. The van der Waals surface area contributed by atoms with E-state index in [1.165, 1.54) is 6.08 Å². The van der Waals surface area contributed by atoms with Crippen molar-refractivity contribution in [2.75, 3.05) is 18.1 Å². The molecule has 0 spiro atoms. The van der Waals surface area contributed by atoms with Crippen LogP contribution in [0.3, 0.4) is 0 Å². The molecular formula is C32H32N2O6. The number of nitrogens with one attached hydrogen (secondary N) is 1. The van der Waals surface area contributed by atoms with Crippen LogP contribution < -0.4 is 24.4 Å². The Labute approximate surface area is 233 Å². The van der Waals surface area contributed by atoms with E-state index in [0.717, 1.165) is 21.6 Å². The standard InChI is InChI=1S/C32H32N2O6/c1-5-8-24-17-23(19-28(39-7-3)29(24)40-20-22-11-9-21(4)10-12-22)18-27-30(35)33-32(37)34(31(27)36)25-13-15-26(16-14-25)38-6-2/h5,9-19H,1,6-8,20H2,2-4H3,(H,33,35,37)/b27-18+. The van der Waals surface area contributed by atoms with Gasteiger partial charge in [0, 0.05) is 5.56 Å². The van der Waals surface area contributed by atoms with Gasteiger partial charge in [-0.05, 0) is 80.8 Å². The van der Waals surface area contributed by atoms with Crippen molar-refractivity contribution in [1.29, 1.82) is 0 Å². The van der Waals surface area contributed by atoms with E-state index >= 15 is 0 Å². The van der Waals surface area contributed by atoms with Crippen molar-refractivity contribution in [3.05, 3.63) is 101 Å². The van der Waals surface area contributed by atoms with Gasteiger partial charge in [0.1, 0.15) is 17.9 Å². The van der Waals surface area contributed by atoms with E-state index in [-0.39, 0.29) is 5.57 Å². The highest BCUT2D eigenvalue weighted by Gasteiger charge is 2.37. The Bertz CT molecular complexity index is 1440. The van der Waals surface area contributed by atoms with Crippen LogP contribution in [0.2, 0.25) is 0 Å². The molecule has 206 valence electrons. The van der Waals surface area contributed by atoms with E-state index in [1.54, 1.807) is 36.4 Å². The SMILES string of the molecule is C=CCc1cc(/C=C2\C(=O)NC(=O)N(c3ccc(OCC)cc3)C2=O)cc(OCC)c1OCc1ccc(C)cc1. The predicted molar refractivity (Wildman–Crippen MR) is 154 cm³/mol. The first-order chi connectivity index (χ1) is 19.3. The minimum atomic E-state index is -0.821. The van der Waals surface area contributed by atoms with Crippen molar-refractivity contribution in [2.24, 2.45) is 0 Å². The fraction of sp³-hybridized carbons (Fsp3) is 0.219. The summed E-state index contributed by atoms with van der Waals surface area (Å²) in [5.74, 6) is 0.130. The first-order valence-electron chi connectivity index (χ1n) is 13.1. The molecule has 3 aromatic rings. The topological polar surface area (TPSA) is 94.2 Å². The number of anilines is 1. The third kappa shape index (κ3) is 6.40. The number of allylic oxidation sites excluding steroid dienone is 1. The molecule has 0 radical (unpaired) electrons. The normalized spacial score (nSPS) is 14.2. The summed E-state index contributed by atoms with van der Waals surface area (Å²) in [5, 5.41) is 2.26. The summed E-state index contributed by atoms with van der Waals surface area (Å²) in [6.07, 6.45) is 3.66. The fourth-order valence-corrected chi connectivity index (χ4v) is 4.26. The summed E-state index contributed by atoms with van der Waals surface area (Å²) >= 11 is 0. The molecule has 4 rings (SSSR count). The summed E-state index contributed by atoms with van der Waals surface area (Å²) in [6.45, 7) is 10.8. The Morgan fingerprint density at radius 3 is 2.25 bits per heavy atom. The van der Waals surface area contributed by atoms with Crippen molar-refractivity contribution in [2.45, 2.75) is 33.8 Å². The lowest BCUT2D eigenvalue weighted by Gasteiger charge is -2.26. The first-order valence-corrected chi connectivity index (χ1v) is 13.1. The van der Waals surface area contributed by atoms with Crippen LogP contribution in [0.1, 0.15) is 36.1 Å². The van der Waals surface area contributed by atoms with Gasteiger partial charge >= 0.3 is 6.03 Å². The van der Waals surface area contributed by atoms with Gasteiger partial charge in [0.2, 0.25) is 0 Å². The maximum absolute atomic E-state index is 13.4. The average Bonchev–Trinajstić information content (AvgIpc) is 2.93. The smallest absolute Gasteiger partial charge is 0.335 e. The van der Waals surface area contributed by atoms with E-state index < -0.39 is 17.8 Å². The maximum Gasteiger partial charge on any atom is 0.335 e. The lowest BCUT2D eigenvalue weighted by Crippen LogP contribution is -2.54. The van der Waals surface area contributed by atoms with E-state index in [1.807, 2.05) is 51.1 Å². The second kappa shape index (κ2) is 12.8. The third-order valence-electron chi connectivity index (χ3n) is 6.14. The molecule has 1 fully saturated rings. The van der Waals surface area contributed by atoms with Crippen LogP contribution in [0.15, 0.2) is 78.9 Å². The third-order valence-corrected chi connectivity index (χ3v) is 6.14. The monoisotopic (exact) mass is 540 g/mol. The molecule has 1 heterocycles. The second-order valence-corrected chi connectivity index (χ2v) is 9.09. The van der Waals surface area contributed by atoms with E-state index in [9.17, 15) is 14.4 Å². The number of barbiturate groups is 1. The Morgan fingerprint density at radius 2 is 1.60 bits per heavy atom. The number of rotatable bonds is 11. The highest BCUT2D eigenvalue weighted by Crippen LogP contribution is 2.36. The number of urea groups is 1. The summed E-state index contributed by atoms with van der Waals surface area (Å²) in [4.78, 5) is 39.7. The van der Waals surface area contributed by atoms with Crippen LogP contribution in [0, 0.1) is 6.92 Å². The van der Waals surface area contributed by atoms with Crippen LogP contribution >= 0.6 is 0 Å². The quantitative estimate of drug-likeness (QED) is 0.189. The molecule has 0 aromatic heterocycles. The highest BCUT2D eigenvalue weighted by atomic mass is 16.5. The fourth-order valence-electron chi connectivity index (χ4n) is 4.26. The van der Waals surface area contributed by atoms with Crippen LogP contribution in [-0.2, 0) is 22.6 Å². The zero-order valence-corrected chi connectivity index (χ0v) is 22.9. The molecule has 1 aliphatic rings. The molecule has 1 aliphatic heterocycles. The Kier molecular flexibility index (Phi) is 9.01. The van der Waals surface area contributed by atoms with Crippen molar-refractivity contribution < 1.29 is 28.6 Å². The summed E-state index contributed by atoms with van der Waals surface area (Å²) in [5.41, 5.74) is 3.62. The van der Waals surface area contributed by atoms with Crippen molar-refractivity contribution >= 4 is 29.6 Å². The van der Waals surface area contributed by atoms with Gasteiger partial charge in [-0.25, -0.2) is 9.69 Å². The van der Waals surface area contributed by atoms with E-state index in [2.05, 4.69) is 11.9 Å². The zero-order chi connectivity index (χ0) is 28.6. The molecule has 0 unspecified atom stereocenters. The van der Waals surface area contributed by atoms with Gasteiger partial charge < -0.3 is 14.2 Å². The number of amides is 4. The lowest BCUT2D eigenvalue weighted by molar-refractivity contribution is -0.122. The molecule has 0 saturated carbocycles. The van der Waals surface area contributed by atoms with Crippen molar-refractivity contribution in [3.63, 3.8) is 0 Å². The second-order valence-electron chi connectivity index (χ2n) is 9.09. The highest BCUT2D eigenvalue weighted by molar-refractivity contribution is 6.39. The average molecular weight is 541 g/mol. The number of hydrogen-bond donors (Lipinski definition) is 1. The molecule has 40 heavy (non-hydrogen) atoms. The van der Waals surface area contributed by atoms with Crippen LogP contribution in [0.25, 0.3) is 6.08 Å². The van der Waals surface area contributed by atoms with Gasteiger partial charge in [0.05, 0.1) is 18.9 Å². The van der Waals surface area contributed by atoms with E-state index in [4.69, 9.17) is 14.2 Å². The number of benzene rings is 3. The van der Waals surface area contributed by atoms with Crippen molar-refractivity contribution in [1.82, 2.24) is 5.32 Å². The number of ether oxygens (including phenoxy) is 3. The number of hydrogen-bond acceptors (Lipinski definition) is 6. The molecular weight excluding hydrogens is 508 g/mol. The van der Waals surface area contributed by atoms with Crippen LogP contribution in [0.4, 0.5) is 10.5 Å². The minimum absolute atomic E-state index is 0.186. The molecule has 0 bridgehead atoms. The maximum atomic E-state index is 13.4. The van der Waals surface area contributed by atoms with Gasteiger partial charge in [-0.1, -0.05) is 35.9 Å². The number of nitrogens with zero attached hydrogens (tertiary/aromatic N) is 1. The van der Waals surface area contributed by atoms with Gasteiger partial charge in [-0.3, -0.25) is 14.9 Å². The molecule has 8 nitrogen and oxygen atoms in total. The van der Waals surface area contributed by atoms with Crippen LogP contribution in [0.5, 0.6) is 17.2 Å². The first kappa shape index (κ1) is 28.2. The summed E-state index contributed by atoms with van der Waals surface area (Å²) < 4.78 is 17.5. The zero-order valence-electron chi connectivity index (χ0n) is 22.9. The molecule has 1 saturated heterocycles. The lowest BCUT2D eigenvalue weighted by atomic mass is 10.0. The Hall–Kier alpha value is -4.85. The minimum Gasteiger partial charge on any atom is -0.494 e. The Morgan fingerprint density at radius 1 is 0.900 bits per heavy atom. The molecule has 3 aromatic carbocycles. The summed E-state index contributed by atoms with van der Waals surface area (Å²) in [7, 11) is 0. The summed E-state index contributed by atoms with van der Waals surface area (Å²) in [6, 6.07) is 17.3. The number of carbonyl (C=O) groups excluding carboxylic acids is 3. The van der Waals surface area contributed by atoms with Crippen molar-refractivity contribution in [3.8, 4) is 17.2 Å². The Balaban J connectivity index is 1.68. The molecule has 1 N–H and O–H groups in total. The van der Waals surface area contributed by atoms with Gasteiger partial charge in [0.15, 0.2) is 11.5 Å². The van der Waals surface area contributed by atoms with Crippen LogP contribution in [-0.4, -0.2) is 31.1 Å². The molecule has 4 amide bonds. The van der Waals surface area contributed by atoms with E-state index in [0.29, 0.717) is 54.7 Å². The predicted octanol–water partition coefficient (Wildman–Crippen LogP) is 5.77. The van der Waals surface area contributed by atoms with Gasteiger partial charge in [-0.15, -0.1) is 6.58 Å². The van der Waals surface area contributed by atoms with Gasteiger partial charge in [-0.2, -0.15) is 0 Å². The number of carbonyl (C=O) groups is 3.